The van der Waals surface area contributed by atoms with E-state index in [-0.39, 0.29) is 12.5 Å². The van der Waals surface area contributed by atoms with Crippen molar-refractivity contribution in [1.82, 2.24) is 35.2 Å². The molecule has 28 heavy (non-hydrogen) atoms. The monoisotopic (exact) mass is 383 g/mol. The number of rotatable bonds is 8. The van der Waals surface area contributed by atoms with E-state index in [9.17, 15) is 4.79 Å². The fourth-order valence-electron chi connectivity index (χ4n) is 2.57. The Bertz CT molecular complexity index is 904. The Labute approximate surface area is 163 Å². The van der Waals surface area contributed by atoms with E-state index in [0.29, 0.717) is 36.4 Å². The largest absolute Gasteiger partial charge is 0.356 e. The molecular weight excluding hydrogens is 358 g/mol. The zero-order valence-electron chi connectivity index (χ0n) is 16.6. The maximum absolute atomic E-state index is 12.6. The Morgan fingerprint density at radius 2 is 1.93 bits per heavy atom. The average Bonchev–Trinajstić information content (AvgIpc) is 3.32. The van der Waals surface area contributed by atoms with E-state index in [1.807, 2.05) is 43.4 Å². The van der Waals surface area contributed by atoms with Crippen molar-refractivity contribution in [1.29, 1.82) is 0 Å². The smallest absolute Gasteiger partial charge is 0.244 e. The Morgan fingerprint density at radius 3 is 2.64 bits per heavy atom. The Balaban J connectivity index is 1.60. The molecule has 3 aromatic rings. The molecule has 2 aromatic heterocycles. The van der Waals surface area contributed by atoms with Crippen LogP contribution in [0.4, 0.5) is 0 Å². The molecule has 9 nitrogen and oxygen atoms in total. The fraction of sp³-hybridized carbons (Fsp3) is 0.421. The summed E-state index contributed by atoms with van der Waals surface area (Å²) in [6.07, 6.45) is 0. The normalized spacial score (nSPS) is 11.4. The number of benzene rings is 1. The second kappa shape index (κ2) is 8.75. The summed E-state index contributed by atoms with van der Waals surface area (Å²) in [6, 6.07) is 11.9. The third kappa shape index (κ3) is 4.80. The summed E-state index contributed by atoms with van der Waals surface area (Å²) < 4.78 is 6.93. The van der Waals surface area contributed by atoms with Crippen molar-refractivity contribution >= 4 is 5.91 Å². The van der Waals surface area contributed by atoms with E-state index in [1.165, 1.54) is 4.68 Å². The van der Waals surface area contributed by atoms with Crippen LogP contribution in [0.15, 0.2) is 40.9 Å². The number of aromatic nitrogens is 5. The molecule has 0 aliphatic rings. The zero-order chi connectivity index (χ0) is 20.1. The molecule has 0 radical (unpaired) electrons. The van der Waals surface area contributed by atoms with Crippen LogP contribution in [0.5, 0.6) is 0 Å². The second-order valence-corrected chi connectivity index (χ2v) is 7.06. The lowest BCUT2D eigenvalue weighted by Crippen LogP contribution is -2.32. The SMILES string of the molecule is CC(C)N(C)Cc1nnnn1CC(=O)N(C)Cc1cc(-c2ccccc2)on1. The highest BCUT2D eigenvalue weighted by Crippen LogP contribution is 2.20. The zero-order valence-corrected chi connectivity index (χ0v) is 16.6. The summed E-state index contributed by atoms with van der Waals surface area (Å²) in [5, 5.41) is 15.8. The average molecular weight is 383 g/mol. The van der Waals surface area contributed by atoms with E-state index in [0.717, 1.165) is 5.56 Å². The van der Waals surface area contributed by atoms with Gasteiger partial charge in [-0.15, -0.1) is 5.10 Å². The molecule has 0 bridgehead atoms. The van der Waals surface area contributed by atoms with E-state index in [4.69, 9.17) is 4.52 Å². The van der Waals surface area contributed by atoms with Crippen LogP contribution in [0, 0.1) is 0 Å². The third-order valence-electron chi connectivity index (χ3n) is 4.61. The van der Waals surface area contributed by atoms with E-state index in [2.05, 4.69) is 39.4 Å². The van der Waals surface area contributed by atoms with Crippen LogP contribution in [-0.4, -0.2) is 61.2 Å². The molecule has 0 N–H and O–H groups in total. The van der Waals surface area contributed by atoms with Gasteiger partial charge in [-0.25, -0.2) is 4.68 Å². The predicted molar refractivity (Wildman–Crippen MR) is 103 cm³/mol. The van der Waals surface area contributed by atoms with Crippen LogP contribution in [-0.2, 0) is 24.4 Å². The van der Waals surface area contributed by atoms with Gasteiger partial charge in [0.25, 0.3) is 0 Å². The fourth-order valence-corrected chi connectivity index (χ4v) is 2.57. The molecule has 9 heteroatoms. The van der Waals surface area contributed by atoms with E-state index < -0.39 is 0 Å². The van der Waals surface area contributed by atoms with Gasteiger partial charge in [-0.2, -0.15) is 0 Å². The lowest BCUT2D eigenvalue weighted by Gasteiger charge is -2.20. The first-order valence-electron chi connectivity index (χ1n) is 9.14. The van der Waals surface area contributed by atoms with Crippen molar-refractivity contribution < 1.29 is 9.32 Å². The summed E-state index contributed by atoms with van der Waals surface area (Å²) in [5.74, 6) is 1.23. The van der Waals surface area contributed by atoms with Gasteiger partial charge in [0.05, 0.1) is 13.1 Å². The Kier molecular flexibility index (Phi) is 6.15. The van der Waals surface area contributed by atoms with Gasteiger partial charge >= 0.3 is 0 Å². The van der Waals surface area contributed by atoms with Gasteiger partial charge < -0.3 is 9.42 Å². The summed E-state index contributed by atoms with van der Waals surface area (Å²) in [6.45, 7) is 5.18. The van der Waals surface area contributed by atoms with Gasteiger partial charge in [0.15, 0.2) is 11.6 Å². The van der Waals surface area contributed by atoms with Crippen molar-refractivity contribution in [3.63, 3.8) is 0 Å². The van der Waals surface area contributed by atoms with Crippen LogP contribution in [0.3, 0.4) is 0 Å². The number of amides is 1. The number of hydrogen-bond acceptors (Lipinski definition) is 7. The molecule has 0 spiro atoms. The van der Waals surface area contributed by atoms with E-state index >= 15 is 0 Å². The minimum atomic E-state index is -0.106. The first-order valence-corrected chi connectivity index (χ1v) is 9.14. The Morgan fingerprint density at radius 1 is 1.18 bits per heavy atom. The molecule has 0 atom stereocenters. The number of tetrazole rings is 1. The molecule has 0 saturated carbocycles. The number of carbonyl (C=O) groups is 1. The number of nitrogens with zero attached hydrogens (tertiary/aromatic N) is 7. The molecular formula is C19H25N7O2. The van der Waals surface area contributed by atoms with Crippen molar-refractivity contribution in [3.8, 4) is 11.3 Å². The first kappa shape index (κ1) is 19.7. The quantitative estimate of drug-likeness (QED) is 0.586. The maximum atomic E-state index is 12.6. The maximum Gasteiger partial charge on any atom is 0.244 e. The van der Waals surface area contributed by atoms with E-state index in [1.54, 1.807) is 11.9 Å². The van der Waals surface area contributed by atoms with Crippen LogP contribution >= 0.6 is 0 Å². The lowest BCUT2D eigenvalue weighted by molar-refractivity contribution is -0.131. The molecule has 2 heterocycles. The number of carbonyl (C=O) groups excluding carboxylic acids is 1. The van der Waals surface area contributed by atoms with Crippen molar-refractivity contribution in [2.75, 3.05) is 14.1 Å². The predicted octanol–water partition coefficient (Wildman–Crippen LogP) is 1.83. The molecule has 148 valence electrons. The van der Waals surface area contributed by atoms with Gasteiger partial charge in [0.1, 0.15) is 12.2 Å². The first-order chi connectivity index (χ1) is 13.4. The van der Waals surface area contributed by atoms with Crippen LogP contribution < -0.4 is 0 Å². The number of likely N-dealkylation sites (N-methyl/N-ethyl adjacent to an activating group) is 1. The van der Waals surface area contributed by atoms with Crippen LogP contribution in [0.25, 0.3) is 11.3 Å². The van der Waals surface area contributed by atoms with Crippen molar-refractivity contribution in [2.24, 2.45) is 0 Å². The standard InChI is InChI=1S/C19H25N7O2/c1-14(2)24(3)12-18-20-22-23-26(18)13-19(27)25(4)11-16-10-17(28-21-16)15-8-6-5-7-9-15/h5-10,14H,11-13H2,1-4H3. The second-order valence-electron chi connectivity index (χ2n) is 7.06. The third-order valence-corrected chi connectivity index (χ3v) is 4.61. The summed E-state index contributed by atoms with van der Waals surface area (Å²) >= 11 is 0. The van der Waals surface area contributed by atoms with Gasteiger partial charge in [0.2, 0.25) is 5.91 Å². The van der Waals surface area contributed by atoms with Gasteiger partial charge in [-0.1, -0.05) is 35.5 Å². The summed E-state index contributed by atoms with van der Waals surface area (Å²) in [7, 11) is 3.72. The lowest BCUT2D eigenvalue weighted by atomic mass is 10.1. The highest BCUT2D eigenvalue weighted by molar-refractivity contribution is 5.75. The molecule has 0 fully saturated rings. The number of hydrogen-bond donors (Lipinski definition) is 0. The van der Waals surface area contributed by atoms with Gasteiger partial charge in [-0.3, -0.25) is 9.69 Å². The molecule has 1 amide bonds. The van der Waals surface area contributed by atoms with Crippen molar-refractivity contribution in [2.45, 2.75) is 39.5 Å². The Hall–Kier alpha value is -3.07. The molecule has 1 aromatic carbocycles. The van der Waals surface area contributed by atoms with Crippen molar-refractivity contribution in [3.05, 3.63) is 47.9 Å². The highest BCUT2D eigenvalue weighted by Gasteiger charge is 2.17. The summed E-state index contributed by atoms with van der Waals surface area (Å²) in [5.41, 5.74) is 1.63. The topological polar surface area (TPSA) is 93.2 Å². The summed E-state index contributed by atoms with van der Waals surface area (Å²) in [4.78, 5) is 16.3. The molecule has 0 saturated heterocycles. The molecule has 0 unspecified atom stereocenters. The minimum absolute atomic E-state index is 0.0775. The molecule has 0 aliphatic carbocycles. The van der Waals surface area contributed by atoms with Crippen LogP contribution in [0.2, 0.25) is 0 Å². The molecule has 0 aliphatic heterocycles. The molecule has 3 rings (SSSR count). The van der Waals surface area contributed by atoms with Gasteiger partial charge in [-0.05, 0) is 31.3 Å². The minimum Gasteiger partial charge on any atom is -0.356 e. The van der Waals surface area contributed by atoms with Gasteiger partial charge in [0, 0.05) is 24.7 Å². The highest BCUT2D eigenvalue weighted by atomic mass is 16.5. The van der Waals surface area contributed by atoms with Crippen LogP contribution in [0.1, 0.15) is 25.4 Å².